The highest BCUT2D eigenvalue weighted by atomic mass is 16.5. The van der Waals surface area contributed by atoms with Crippen LogP contribution in [-0.2, 0) is 4.74 Å². The monoisotopic (exact) mass is 460 g/mol. The van der Waals surface area contributed by atoms with Crippen LogP contribution in [0.5, 0.6) is 23.0 Å². The van der Waals surface area contributed by atoms with Gasteiger partial charge in [0.2, 0.25) is 5.78 Å². The van der Waals surface area contributed by atoms with Crippen molar-refractivity contribution in [1.82, 2.24) is 0 Å². The molecule has 0 fully saturated rings. The van der Waals surface area contributed by atoms with Gasteiger partial charge in [-0.15, -0.1) is 0 Å². The Morgan fingerprint density at radius 1 is 0.853 bits per heavy atom. The molecule has 34 heavy (non-hydrogen) atoms. The average Bonchev–Trinajstić information content (AvgIpc) is 3.17. The van der Waals surface area contributed by atoms with Gasteiger partial charge in [0.05, 0.1) is 32.5 Å². The zero-order valence-electron chi connectivity index (χ0n) is 18.6. The SMILES string of the molecule is COC(=O)c1ccc(/C=C2\Oc3cc(OC(=O)c4c(OC)cccc4OC)ccc3C2=O)cc1. The van der Waals surface area contributed by atoms with Crippen LogP contribution in [0.3, 0.4) is 0 Å². The topological polar surface area (TPSA) is 97.4 Å². The number of benzene rings is 3. The number of esters is 2. The van der Waals surface area contributed by atoms with Crippen LogP contribution in [-0.4, -0.2) is 39.1 Å². The number of carbonyl (C=O) groups is 3. The molecule has 0 unspecified atom stereocenters. The number of fused-ring (bicyclic) bond motifs is 1. The fraction of sp³-hybridized carbons (Fsp3) is 0.115. The van der Waals surface area contributed by atoms with E-state index in [1.807, 2.05) is 0 Å². The Balaban J connectivity index is 1.55. The molecule has 1 aliphatic rings. The summed E-state index contributed by atoms with van der Waals surface area (Å²) in [4.78, 5) is 37.1. The van der Waals surface area contributed by atoms with E-state index in [-0.39, 0.29) is 28.6 Å². The third-order valence-electron chi connectivity index (χ3n) is 5.11. The Labute approximate surface area is 195 Å². The summed E-state index contributed by atoms with van der Waals surface area (Å²) < 4.78 is 26.4. The first kappa shape index (κ1) is 22.6. The molecule has 0 radical (unpaired) electrons. The fourth-order valence-corrected chi connectivity index (χ4v) is 3.43. The smallest absolute Gasteiger partial charge is 0.351 e. The summed E-state index contributed by atoms with van der Waals surface area (Å²) in [6.07, 6.45) is 1.56. The molecule has 0 aliphatic carbocycles. The van der Waals surface area contributed by atoms with Gasteiger partial charge in [-0.2, -0.15) is 0 Å². The van der Waals surface area contributed by atoms with E-state index < -0.39 is 11.9 Å². The molecule has 3 aromatic carbocycles. The quantitative estimate of drug-likeness (QED) is 0.305. The van der Waals surface area contributed by atoms with Crippen LogP contribution in [0.4, 0.5) is 0 Å². The van der Waals surface area contributed by atoms with Gasteiger partial charge in [0.15, 0.2) is 5.76 Å². The summed E-state index contributed by atoms with van der Waals surface area (Å²) in [6.45, 7) is 0. The fourth-order valence-electron chi connectivity index (χ4n) is 3.43. The van der Waals surface area contributed by atoms with Crippen molar-refractivity contribution in [3.8, 4) is 23.0 Å². The summed E-state index contributed by atoms with van der Waals surface area (Å²) in [5, 5.41) is 0. The Bertz CT molecular complexity index is 1280. The highest BCUT2D eigenvalue weighted by Crippen LogP contribution is 2.36. The number of Topliss-reactive ketones (excluding diaryl/α,β-unsaturated/α-hetero) is 1. The lowest BCUT2D eigenvalue weighted by molar-refractivity contribution is 0.0600. The summed E-state index contributed by atoms with van der Waals surface area (Å²) >= 11 is 0. The maximum absolute atomic E-state index is 12.8. The first-order chi connectivity index (χ1) is 16.4. The zero-order chi connectivity index (χ0) is 24.2. The molecule has 8 heteroatoms. The Morgan fingerprint density at radius 3 is 2.15 bits per heavy atom. The molecule has 0 spiro atoms. The second kappa shape index (κ2) is 9.50. The third kappa shape index (κ3) is 4.33. The normalized spacial score (nSPS) is 13.1. The standard InChI is InChI=1S/C26H20O8/c1-30-19-5-4-6-20(31-2)23(19)26(29)33-17-11-12-18-21(14-17)34-22(24(18)27)13-15-7-9-16(10-8-15)25(28)32-3/h4-14H,1-3H3/b22-13-. The number of rotatable bonds is 6. The van der Waals surface area contributed by atoms with E-state index in [0.717, 1.165) is 0 Å². The molecular weight excluding hydrogens is 440 g/mol. The van der Waals surface area contributed by atoms with Gasteiger partial charge in [-0.3, -0.25) is 4.79 Å². The predicted octanol–water partition coefficient (Wildman–Crippen LogP) is 4.33. The van der Waals surface area contributed by atoms with Crippen LogP contribution >= 0.6 is 0 Å². The Hall–Kier alpha value is -4.59. The molecule has 1 heterocycles. The molecule has 1 aliphatic heterocycles. The Kier molecular flexibility index (Phi) is 6.31. The summed E-state index contributed by atoms with van der Waals surface area (Å²) in [7, 11) is 4.19. The lowest BCUT2D eigenvalue weighted by Gasteiger charge is -2.12. The third-order valence-corrected chi connectivity index (χ3v) is 5.11. The maximum Gasteiger partial charge on any atom is 0.351 e. The molecule has 4 rings (SSSR count). The second-order valence-electron chi connectivity index (χ2n) is 7.14. The van der Waals surface area contributed by atoms with Gasteiger partial charge in [-0.05, 0) is 48.0 Å². The minimum Gasteiger partial charge on any atom is -0.496 e. The van der Waals surface area contributed by atoms with Crippen molar-refractivity contribution in [2.75, 3.05) is 21.3 Å². The minimum absolute atomic E-state index is 0.107. The van der Waals surface area contributed by atoms with Gasteiger partial charge in [0, 0.05) is 6.07 Å². The molecule has 0 saturated heterocycles. The van der Waals surface area contributed by atoms with Crippen molar-refractivity contribution in [3.05, 3.63) is 88.7 Å². The molecule has 0 bridgehead atoms. The molecule has 0 atom stereocenters. The summed E-state index contributed by atoms with van der Waals surface area (Å²) in [6, 6.07) is 16.0. The van der Waals surface area contributed by atoms with Gasteiger partial charge >= 0.3 is 11.9 Å². The van der Waals surface area contributed by atoms with Crippen LogP contribution < -0.4 is 18.9 Å². The molecule has 8 nitrogen and oxygen atoms in total. The van der Waals surface area contributed by atoms with E-state index in [1.165, 1.54) is 39.5 Å². The minimum atomic E-state index is -0.681. The van der Waals surface area contributed by atoms with E-state index >= 15 is 0 Å². The van der Waals surface area contributed by atoms with Crippen LogP contribution in [0, 0.1) is 0 Å². The Morgan fingerprint density at radius 2 is 1.53 bits per heavy atom. The van der Waals surface area contributed by atoms with E-state index in [1.54, 1.807) is 48.5 Å². The summed E-state index contributed by atoms with van der Waals surface area (Å²) in [5.74, 6) is -0.270. The number of ketones is 1. The van der Waals surface area contributed by atoms with E-state index in [0.29, 0.717) is 28.2 Å². The van der Waals surface area contributed by atoms with E-state index in [2.05, 4.69) is 4.74 Å². The van der Waals surface area contributed by atoms with Gasteiger partial charge < -0.3 is 23.7 Å². The van der Waals surface area contributed by atoms with Crippen molar-refractivity contribution >= 4 is 23.8 Å². The molecule has 0 N–H and O–H groups in total. The molecular formula is C26H20O8. The van der Waals surface area contributed by atoms with Gasteiger partial charge in [-0.25, -0.2) is 9.59 Å². The van der Waals surface area contributed by atoms with Crippen molar-refractivity contribution < 1.29 is 38.1 Å². The second-order valence-corrected chi connectivity index (χ2v) is 7.14. The van der Waals surface area contributed by atoms with Crippen LogP contribution in [0.2, 0.25) is 0 Å². The number of methoxy groups -OCH3 is 3. The van der Waals surface area contributed by atoms with Crippen molar-refractivity contribution in [3.63, 3.8) is 0 Å². The van der Waals surface area contributed by atoms with Crippen LogP contribution in [0.15, 0.2) is 66.4 Å². The highest BCUT2D eigenvalue weighted by Gasteiger charge is 2.28. The number of hydrogen-bond donors (Lipinski definition) is 0. The average molecular weight is 460 g/mol. The molecule has 3 aromatic rings. The number of ether oxygens (including phenoxy) is 5. The van der Waals surface area contributed by atoms with Gasteiger partial charge in [0.25, 0.3) is 0 Å². The molecule has 0 saturated carbocycles. The van der Waals surface area contributed by atoms with Crippen molar-refractivity contribution in [2.24, 2.45) is 0 Å². The van der Waals surface area contributed by atoms with Crippen LogP contribution in [0.25, 0.3) is 6.08 Å². The van der Waals surface area contributed by atoms with Crippen molar-refractivity contribution in [2.45, 2.75) is 0 Å². The highest BCUT2D eigenvalue weighted by molar-refractivity contribution is 6.14. The first-order valence-electron chi connectivity index (χ1n) is 10.1. The van der Waals surface area contributed by atoms with Gasteiger partial charge in [0.1, 0.15) is 28.6 Å². The van der Waals surface area contributed by atoms with Crippen LogP contribution in [0.1, 0.15) is 36.6 Å². The zero-order valence-corrected chi connectivity index (χ0v) is 18.6. The lowest BCUT2D eigenvalue weighted by Crippen LogP contribution is -2.12. The number of carbonyl (C=O) groups excluding carboxylic acids is 3. The molecule has 0 amide bonds. The summed E-state index contributed by atoms with van der Waals surface area (Å²) in [5.41, 5.74) is 1.54. The van der Waals surface area contributed by atoms with E-state index in [9.17, 15) is 14.4 Å². The predicted molar refractivity (Wildman–Crippen MR) is 122 cm³/mol. The molecule has 172 valence electrons. The number of allylic oxidation sites excluding steroid dienone is 1. The lowest BCUT2D eigenvalue weighted by atomic mass is 10.1. The maximum atomic E-state index is 12.8. The van der Waals surface area contributed by atoms with E-state index in [4.69, 9.17) is 18.9 Å². The molecule has 0 aromatic heterocycles. The largest absolute Gasteiger partial charge is 0.496 e. The van der Waals surface area contributed by atoms with Gasteiger partial charge in [-0.1, -0.05) is 18.2 Å². The first-order valence-corrected chi connectivity index (χ1v) is 10.1. The number of hydrogen-bond acceptors (Lipinski definition) is 8. The van der Waals surface area contributed by atoms with Crippen molar-refractivity contribution in [1.29, 1.82) is 0 Å².